The molecule has 5 nitrogen and oxygen atoms in total. The molecule has 3 N–H and O–H groups in total. The highest BCUT2D eigenvalue weighted by Crippen LogP contribution is 2.24. The van der Waals surface area contributed by atoms with Crippen LogP contribution in [0.4, 0.5) is 10.2 Å². The van der Waals surface area contributed by atoms with Crippen molar-refractivity contribution in [2.45, 2.75) is 19.3 Å². The Balaban J connectivity index is 0.00000208. The van der Waals surface area contributed by atoms with Crippen LogP contribution in [0.3, 0.4) is 0 Å². The zero-order valence-corrected chi connectivity index (χ0v) is 14.1. The average Bonchev–Trinajstić information content (AvgIpc) is 3.03. The van der Waals surface area contributed by atoms with Gasteiger partial charge < -0.3 is 11.1 Å². The highest BCUT2D eigenvalue weighted by Gasteiger charge is 2.10. The van der Waals surface area contributed by atoms with Gasteiger partial charge in [0, 0.05) is 24.2 Å². The maximum absolute atomic E-state index is 14.0. The van der Waals surface area contributed by atoms with Crippen LogP contribution in [0.15, 0.2) is 42.6 Å². The summed E-state index contributed by atoms with van der Waals surface area (Å²) in [7, 11) is 0. The fourth-order valence-corrected chi connectivity index (χ4v) is 2.51. The number of unbranched alkanes of at least 4 members (excludes halogenated alkanes) is 2. The fourth-order valence-electron chi connectivity index (χ4n) is 2.51. The molecule has 3 aromatic rings. The van der Waals surface area contributed by atoms with Crippen molar-refractivity contribution in [2.24, 2.45) is 5.73 Å². The smallest absolute Gasteiger partial charge is 0.157 e. The van der Waals surface area contributed by atoms with Crippen molar-refractivity contribution in [1.82, 2.24) is 14.6 Å². The van der Waals surface area contributed by atoms with Crippen LogP contribution in [0, 0.1) is 5.82 Å². The summed E-state index contributed by atoms with van der Waals surface area (Å²) in [5.74, 6) is 0.531. The maximum atomic E-state index is 14.0. The third-order valence-corrected chi connectivity index (χ3v) is 3.70. The molecular weight excluding hydrogens is 329 g/mol. The van der Waals surface area contributed by atoms with Crippen molar-refractivity contribution in [2.75, 3.05) is 18.4 Å². The second-order valence-electron chi connectivity index (χ2n) is 5.38. The Morgan fingerprint density at radius 1 is 1.12 bits per heavy atom. The molecule has 0 amide bonds. The van der Waals surface area contributed by atoms with E-state index in [1.165, 1.54) is 6.07 Å². The van der Waals surface area contributed by atoms with Crippen molar-refractivity contribution in [3.05, 3.63) is 48.4 Å². The van der Waals surface area contributed by atoms with Crippen molar-refractivity contribution >= 4 is 23.9 Å². The number of hydrogen-bond donors (Lipinski definition) is 2. The summed E-state index contributed by atoms with van der Waals surface area (Å²) in [5, 5.41) is 7.63. The van der Waals surface area contributed by atoms with Gasteiger partial charge in [-0.2, -0.15) is 9.61 Å². The molecule has 0 saturated heterocycles. The molecule has 2 aromatic heterocycles. The molecule has 0 aliphatic rings. The summed E-state index contributed by atoms with van der Waals surface area (Å²) in [5.41, 5.74) is 7.28. The maximum Gasteiger partial charge on any atom is 0.157 e. The van der Waals surface area contributed by atoms with Crippen LogP contribution in [-0.4, -0.2) is 27.7 Å². The van der Waals surface area contributed by atoms with Crippen LogP contribution in [0.1, 0.15) is 19.3 Å². The SMILES string of the molecule is Cl.NCCCCCNc1cc(-c2ccccc2F)nc2ccnn12. The molecule has 0 spiro atoms. The molecule has 0 radical (unpaired) electrons. The molecule has 1 aromatic carbocycles. The van der Waals surface area contributed by atoms with Gasteiger partial charge in [0.05, 0.1) is 11.9 Å². The van der Waals surface area contributed by atoms with E-state index < -0.39 is 0 Å². The topological polar surface area (TPSA) is 68.2 Å². The van der Waals surface area contributed by atoms with E-state index in [2.05, 4.69) is 15.4 Å². The van der Waals surface area contributed by atoms with Crippen LogP contribution in [-0.2, 0) is 0 Å². The minimum atomic E-state index is -0.280. The molecule has 128 valence electrons. The van der Waals surface area contributed by atoms with E-state index in [0.717, 1.165) is 38.2 Å². The van der Waals surface area contributed by atoms with Gasteiger partial charge in [-0.05, 0) is 31.5 Å². The molecule has 0 saturated carbocycles. The monoisotopic (exact) mass is 349 g/mol. The average molecular weight is 350 g/mol. The summed E-state index contributed by atoms with van der Waals surface area (Å²) in [6, 6.07) is 10.3. The van der Waals surface area contributed by atoms with Gasteiger partial charge in [-0.25, -0.2) is 9.37 Å². The van der Waals surface area contributed by atoms with Crippen molar-refractivity contribution < 1.29 is 4.39 Å². The van der Waals surface area contributed by atoms with Crippen molar-refractivity contribution in [3.8, 4) is 11.3 Å². The highest BCUT2D eigenvalue weighted by molar-refractivity contribution is 5.85. The molecule has 2 heterocycles. The van der Waals surface area contributed by atoms with Gasteiger partial charge in [-0.15, -0.1) is 12.4 Å². The lowest BCUT2D eigenvalue weighted by molar-refractivity contribution is 0.630. The van der Waals surface area contributed by atoms with E-state index in [1.54, 1.807) is 28.9 Å². The van der Waals surface area contributed by atoms with Gasteiger partial charge in [-0.1, -0.05) is 18.6 Å². The number of anilines is 1. The normalized spacial score (nSPS) is 10.6. The Kier molecular flexibility index (Phi) is 6.52. The van der Waals surface area contributed by atoms with E-state index in [4.69, 9.17) is 5.73 Å². The van der Waals surface area contributed by atoms with Crippen LogP contribution in [0.25, 0.3) is 16.9 Å². The Hall–Kier alpha value is -2.18. The van der Waals surface area contributed by atoms with E-state index in [-0.39, 0.29) is 18.2 Å². The van der Waals surface area contributed by atoms with E-state index in [0.29, 0.717) is 16.9 Å². The van der Waals surface area contributed by atoms with Gasteiger partial charge in [0.1, 0.15) is 11.6 Å². The number of fused-ring (bicyclic) bond motifs is 1. The zero-order chi connectivity index (χ0) is 16.1. The summed E-state index contributed by atoms with van der Waals surface area (Å²) in [6.07, 6.45) is 4.82. The Labute approximate surface area is 146 Å². The largest absolute Gasteiger partial charge is 0.370 e. The number of nitrogens with zero attached hydrogens (tertiary/aromatic N) is 3. The third kappa shape index (κ3) is 4.01. The Morgan fingerprint density at radius 3 is 2.75 bits per heavy atom. The van der Waals surface area contributed by atoms with Crippen molar-refractivity contribution in [1.29, 1.82) is 0 Å². The minimum Gasteiger partial charge on any atom is -0.370 e. The van der Waals surface area contributed by atoms with Crippen LogP contribution >= 0.6 is 12.4 Å². The fraction of sp³-hybridized carbons (Fsp3) is 0.294. The van der Waals surface area contributed by atoms with E-state index in [9.17, 15) is 4.39 Å². The first-order chi connectivity index (χ1) is 11.3. The predicted octanol–water partition coefficient (Wildman–Crippen LogP) is 3.50. The van der Waals surface area contributed by atoms with Gasteiger partial charge in [0.2, 0.25) is 0 Å². The molecule has 0 aliphatic carbocycles. The molecule has 0 unspecified atom stereocenters. The first-order valence-corrected chi connectivity index (χ1v) is 7.83. The molecule has 7 heteroatoms. The summed E-state index contributed by atoms with van der Waals surface area (Å²) >= 11 is 0. The molecule has 24 heavy (non-hydrogen) atoms. The molecule has 3 rings (SSSR count). The Morgan fingerprint density at radius 2 is 1.96 bits per heavy atom. The van der Waals surface area contributed by atoms with Crippen LogP contribution in [0.2, 0.25) is 0 Å². The lowest BCUT2D eigenvalue weighted by Gasteiger charge is -2.11. The van der Waals surface area contributed by atoms with E-state index in [1.807, 2.05) is 12.1 Å². The number of halogens is 2. The number of nitrogens with one attached hydrogen (secondary N) is 1. The van der Waals surface area contributed by atoms with Gasteiger partial charge in [0.15, 0.2) is 5.65 Å². The van der Waals surface area contributed by atoms with Crippen LogP contribution in [0.5, 0.6) is 0 Å². The van der Waals surface area contributed by atoms with Crippen molar-refractivity contribution in [3.63, 3.8) is 0 Å². The summed E-state index contributed by atoms with van der Waals surface area (Å²) in [6.45, 7) is 1.53. The van der Waals surface area contributed by atoms with Gasteiger partial charge in [-0.3, -0.25) is 0 Å². The second-order valence-corrected chi connectivity index (χ2v) is 5.38. The molecular formula is C17H21ClFN5. The predicted molar refractivity (Wildman–Crippen MR) is 97.0 cm³/mol. The molecule has 0 fully saturated rings. The number of benzene rings is 1. The summed E-state index contributed by atoms with van der Waals surface area (Å²) < 4.78 is 15.8. The molecule has 0 bridgehead atoms. The standard InChI is InChI=1S/C17H20FN5.ClH/c18-14-7-3-2-6-13(14)15-12-17(20-10-5-1-4-9-19)23-16(22-15)8-11-21-23;/h2-3,6-8,11-12,20H,1,4-5,9-10,19H2;1H. The zero-order valence-electron chi connectivity index (χ0n) is 13.3. The van der Waals surface area contributed by atoms with Gasteiger partial charge in [0.25, 0.3) is 0 Å². The number of aromatic nitrogens is 3. The second kappa shape index (κ2) is 8.61. The number of rotatable bonds is 7. The Bertz CT molecular complexity index is 790. The first kappa shape index (κ1) is 18.2. The first-order valence-electron chi connectivity index (χ1n) is 7.83. The third-order valence-electron chi connectivity index (χ3n) is 3.70. The lowest BCUT2D eigenvalue weighted by Crippen LogP contribution is -2.09. The highest BCUT2D eigenvalue weighted by atomic mass is 35.5. The number of hydrogen-bond acceptors (Lipinski definition) is 4. The molecule has 0 atom stereocenters. The molecule has 0 aliphatic heterocycles. The minimum absolute atomic E-state index is 0. The summed E-state index contributed by atoms with van der Waals surface area (Å²) in [4.78, 5) is 4.49. The lowest BCUT2D eigenvalue weighted by atomic mass is 10.1. The van der Waals surface area contributed by atoms with Gasteiger partial charge >= 0.3 is 0 Å². The quantitative estimate of drug-likeness (QED) is 0.640. The van der Waals surface area contributed by atoms with E-state index >= 15 is 0 Å². The number of nitrogens with two attached hydrogens (primary N) is 1. The van der Waals surface area contributed by atoms with Crippen LogP contribution < -0.4 is 11.1 Å².